The Hall–Kier alpha value is -4.14. The van der Waals surface area contributed by atoms with Crippen molar-refractivity contribution in [1.29, 1.82) is 0 Å². The predicted octanol–water partition coefficient (Wildman–Crippen LogP) is -2.75. The van der Waals surface area contributed by atoms with Crippen LogP contribution in [0.25, 0.3) is 0 Å². The lowest BCUT2D eigenvalue weighted by Gasteiger charge is -2.44. The molecule has 9 atom stereocenters. The Morgan fingerprint density at radius 3 is 2.24 bits per heavy atom. The van der Waals surface area contributed by atoms with Crippen LogP contribution in [-0.4, -0.2) is 146 Å². The highest BCUT2D eigenvalue weighted by Crippen LogP contribution is 2.29. The van der Waals surface area contributed by atoms with Crippen molar-refractivity contribution in [2.45, 2.75) is 86.9 Å². The Bertz CT molecular complexity index is 1570. The molecule has 0 aliphatic carbocycles. The first-order valence-electron chi connectivity index (χ1n) is 17.7. The van der Waals surface area contributed by atoms with Gasteiger partial charge in [0.1, 0.15) is 48.5 Å². The molecular weight excluding hydrogens is 724 g/mol. The van der Waals surface area contributed by atoms with Gasteiger partial charge in [-0.3, -0.25) is 34.2 Å². The number of likely N-dealkylation sites (tertiary alicyclic amines) is 1. The van der Waals surface area contributed by atoms with Crippen LogP contribution in [0.15, 0.2) is 54.6 Å². The van der Waals surface area contributed by atoms with E-state index in [1.165, 1.54) is 28.8 Å². The molecule has 2 fully saturated rings. The summed E-state index contributed by atoms with van der Waals surface area (Å²) in [6.45, 7) is -0.943. The Kier molecular flexibility index (Phi) is 16.2. The number of hydrogen-bond acceptors (Lipinski definition) is 14. The molecule has 18 heteroatoms. The zero-order valence-corrected chi connectivity index (χ0v) is 30.7. The second-order valence-corrected chi connectivity index (χ2v) is 14.3. The number of benzene rings is 2. The molecule has 5 amide bonds. The fourth-order valence-corrected chi connectivity index (χ4v) is 6.85. The van der Waals surface area contributed by atoms with E-state index in [1.807, 2.05) is 6.26 Å². The standard InChI is InChI=1S/C36H50N6O11S/c1-54-15-13-24(40-32(49)23(37)16-21-9-11-22(44)12-10-21)33(50)38-18-28(45)39-25(17-20-6-3-2-4-7-20)34(51)41-35(52)26-8-5-14-42(26)36-31(48)30(47)29(46)27(19-43)53-36/h2-4,6-7,9-12,23-27,29-31,36,43-44,46-48H,5,8,13-19,37H2,1H3,(H,38,50)(H,39,45)(H,40,49)(H,41,51,52)/t23-,24+,25-,26-,27+,29-,30-,31+,36+/m0/s1. The second-order valence-electron chi connectivity index (χ2n) is 13.3. The zero-order valence-electron chi connectivity index (χ0n) is 29.9. The van der Waals surface area contributed by atoms with Crippen molar-refractivity contribution >= 4 is 41.3 Å². The minimum atomic E-state index is -1.65. The van der Waals surface area contributed by atoms with Gasteiger partial charge >= 0.3 is 0 Å². The largest absolute Gasteiger partial charge is 0.508 e. The number of carbonyl (C=O) groups excluding carboxylic acids is 5. The van der Waals surface area contributed by atoms with E-state index in [2.05, 4.69) is 21.3 Å². The number of nitrogens with one attached hydrogen (secondary N) is 4. The smallest absolute Gasteiger partial charge is 0.249 e. The van der Waals surface area contributed by atoms with Crippen LogP contribution < -0.4 is 27.0 Å². The molecule has 2 aliphatic heterocycles. The molecule has 2 aromatic rings. The number of amides is 5. The minimum Gasteiger partial charge on any atom is -0.508 e. The summed E-state index contributed by atoms with van der Waals surface area (Å²) in [5.41, 5.74) is 7.47. The van der Waals surface area contributed by atoms with Gasteiger partial charge in [-0.25, -0.2) is 0 Å². The van der Waals surface area contributed by atoms with Crippen LogP contribution in [0.4, 0.5) is 0 Å². The number of aromatic hydroxyl groups is 1. The zero-order chi connectivity index (χ0) is 39.4. The van der Waals surface area contributed by atoms with E-state index < -0.39 is 97.5 Å². The maximum Gasteiger partial charge on any atom is 0.249 e. The molecule has 4 rings (SSSR count). The third-order valence-corrected chi connectivity index (χ3v) is 10.0. The second kappa shape index (κ2) is 20.5. The molecule has 0 saturated carbocycles. The lowest BCUT2D eigenvalue weighted by atomic mass is 9.97. The average Bonchev–Trinajstić information content (AvgIpc) is 3.65. The van der Waals surface area contributed by atoms with Gasteiger partial charge in [0.05, 0.1) is 25.2 Å². The van der Waals surface area contributed by atoms with Gasteiger partial charge in [0, 0.05) is 13.0 Å². The van der Waals surface area contributed by atoms with Crippen LogP contribution in [0, 0.1) is 0 Å². The van der Waals surface area contributed by atoms with Crippen molar-refractivity contribution < 1.29 is 54.2 Å². The van der Waals surface area contributed by atoms with Gasteiger partial charge in [-0.2, -0.15) is 11.8 Å². The molecule has 2 heterocycles. The molecule has 0 aromatic heterocycles. The summed E-state index contributed by atoms with van der Waals surface area (Å²) in [4.78, 5) is 67.8. The van der Waals surface area contributed by atoms with E-state index in [-0.39, 0.29) is 38.0 Å². The predicted molar refractivity (Wildman–Crippen MR) is 196 cm³/mol. The van der Waals surface area contributed by atoms with Crippen LogP contribution in [0.3, 0.4) is 0 Å². The first-order valence-corrected chi connectivity index (χ1v) is 19.1. The number of aliphatic hydroxyl groups excluding tert-OH is 4. The summed E-state index contributed by atoms with van der Waals surface area (Å²) in [5.74, 6) is -2.96. The fraction of sp³-hybridized carbons (Fsp3) is 0.528. The quantitative estimate of drug-likeness (QED) is 0.0781. The number of thioether (sulfide) groups is 1. The van der Waals surface area contributed by atoms with E-state index in [0.717, 1.165) is 0 Å². The van der Waals surface area contributed by atoms with Gasteiger partial charge in [-0.05, 0) is 61.0 Å². The summed E-state index contributed by atoms with van der Waals surface area (Å²) in [5, 5.41) is 60.3. The average molecular weight is 775 g/mol. The molecule has 11 N–H and O–H groups in total. The molecule has 54 heavy (non-hydrogen) atoms. The number of rotatable bonds is 17. The Balaban J connectivity index is 1.38. The molecule has 2 aliphatic rings. The summed E-state index contributed by atoms with van der Waals surface area (Å²) >= 11 is 1.46. The molecule has 0 radical (unpaired) electrons. The Morgan fingerprint density at radius 1 is 0.889 bits per heavy atom. The molecule has 17 nitrogen and oxygen atoms in total. The molecular formula is C36H50N6O11S. The lowest BCUT2D eigenvalue weighted by Crippen LogP contribution is -2.65. The third-order valence-electron chi connectivity index (χ3n) is 9.37. The molecule has 0 bridgehead atoms. The van der Waals surface area contributed by atoms with E-state index in [0.29, 0.717) is 23.3 Å². The first-order chi connectivity index (χ1) is 25.8. The normalized spacial score (nSPS) is 24.5. The van der Waals surface area contributed by atoms with Crippen molar-refractivity contribution in [3.05, 3.63) is 65.7 Å². The van der Waals surface area contributed by atoms with Gasteiger partial charge in [0.2, 0.25) is 29.5 Å². The summed E-state index contributed by atoms with van der Waals surface area (Å²) in [7, 11) is 0. The Labute approximate surface area is 317 Å². The summed E-state index contributed by atoms with van der Waals surface area (Å²) in [6, 6.07) is 10.7. The maximum absolute atomic E-state index is 13.6. The number of imide groups is 1. The van der Waals surface area contributed by atoms with Gasteiger partial charge in [0.25, 0.3) is 0 Å². The fourth-order valence-electron chi connectivity index (χ4n) is 6.38. The van der Waals surface area contributed by atoms with E-state index in [4.69, 9.17) is 10.5 Å². The van der Waals surface area contributed by atoms with Crippen LogP contribution >= 0.6 is 11.8 Å². The van der Waals surface area contributed by atoms with Crippen LogP contribution in [0.1, 0.15) is 30.4 Å². The highest BCUT2D eigenvalue weighted by Gasteiger charge is 2.49. The highest BCUT2D eigenvalue weighted by molar-refractivity contribution is 7.98. The molecule has 296 valence electrons. The minimum absolute atomic E-state index is 0.00788. The van der Waals surface area contributed by atoms with Gasteiger partial charge in [0.15, 0.2) is 0 Å². The number of nitrogens with zero attached hydrogens (tertiary/aromatic N) is 1. The number of phenolic OH excluding ortho intramolecular Hbond substituents is 1. The van der Waals surface area contributed by atoms with Crippen molar-refractivity contribution in [1.82, 2.24) is 26.2 Å². The van der Waals surface area contributed by atoms with E-state index in [9.17, 15) is 49.5 Å². The maximum atomic E-state index is 13.6. The van der Waals surface area contributed by atoms with Crippen molar-refractivity contribution in [2.24, 2.45) is 5.73 Å². The topological polar surface area (TPSA) is 273 Å². The third kappa shape index (κ3) is 11.7. The van der Waals surface area contributed by atoms with E-state index >= 15 is 0 Å². The Morgan fingerprint density at radius 2 is 1.57 bits per heavy atom. The SMILES string of the molecule is CSCC[C@@H](NC(=O)[C@@H](N)Cc1ccc(O)cc1)C(=O)NCC(=O)N[C@@H](Cc1ccccc1)C(=O)NC(=O)[C@@H]1CCCN1[C@@H]1O[C@H](CO)[C@H](O)[C@H](O)[C@H]1O. The van der Waals surface area contributed by atoms with Crippen LogP contribution in [-0.2, 0) is 41.6 Å². The number of nitrogens with two attached hydrogens (primary N) is 1. The summed E-state index contributed by atoms with van der Waals surface area (Å²) in [6.07, 6.45) is -4.29. The van der Waals surface area contributed by atoms with Gasteiger partial charge in [-0.1, -0.05) is 42.5 Å². The van der Waals surface area contributed by atoms with Crippen LogP contribution in [0.5, 0.6) is 5.75 Å². The number of hydrogen-bond donors (Lipinski definition) is 10. The molecule has 0 unspecified atom stereocenters. The molecule has 2 saturated heterocycles. The van der Waals surface area contributed by atoms with Crippen molar-refractivity contribution in [3.63, 3.8) is 0 Å². The van der Waals surface area contributed by atoms with Gasteiger partial charge in [-0.15, -0.1) is 0 Å². The number of ether oxygens (including phenoxy) is 1. The number of phenols is 1. The summed E-state index contributed by atoms with van der Waals surface area (Å²) < 4.78 is 5.65. The highest BCUT2D eigenvalue weighted by atomic mass is 32.2. The molecule has 0 spiro atoms. The number of carbonyl (C=O) groups is 5. The molecule has 2 aromatic carbocycles. The van der Waals surface area contributed by atoms with Crippen molar-refractivity contribution in [3.8, 4) is 5.75 Å². The van der Waals surface area contributed by atoms with E-state index in [1.54, 1.807) is 42.5 Å². The van der Waals surface area contributed by atoms with Crippen molar-refractivity contribution in [2.75, 3.05) is 31.7 Å². The lowest BCUT2D eigenvalue weighted by molar-refractivity contribution is -0.266. The van der Waals surface area contributed by atoms with Crippen LogP contribution in [0.2, 0.25) is 0 Å². The first kappa shape index (κ1) is 42.6. The van der Waals surface area contributed by atoms with Gasteiger partial charge < -0.3 is 52.0 Å². The monoisotopic (exact) mass is 774 g/mol. The number of aliphatic hydroxyl groups is 4.